The normalized spacial score (nSPS) is 14.7. The first-order chi connectivity index (χ1) is 9.90. The quantitative estimate of drug-likeness (QED) is 0.844. The van der Waals surface area contributed by atoms with Gasteiger partial charge in [-0.2, -0.15) is 0 Å². The zero-order valence-electron chi connectivity index (χ0n) is 13.1. The molecule has 1 aromatic rings. The van der Waals surface area contributed by atoms with E-state index in [9.17, 15) is 9.59 Å². The van der Waals surface area contributed by atoms with Gasteiger partial charge in [0, 0.05) is 26.7 Å². The number of aryl methyl sites for hydroxylation is 1. The number of nitrogens with two attached hydrogens (primary N) is 1. The van der Waals surface area contributed by atoms with Crippen LogP contribution in [-0.4, -0.2) is 48.4 Å². The van der Waals surface area contributed by atoms with Gasteiger partial charge in [0.25, 0.3) is 11.8 Å². The zero-order valence-corrected chi connectivity index (χ0v) is 13.9. The molecule has 1 unspecified atom stereocenters. The van der Waals surface area contributed by atoms with E-state index in [2.05, 4.69) is 10.3 Å². The van der Waals surface area contributed by atoms with Gasteiger partial charge < -0.3 is 16.0 Å². The lowest BCUT2D eigenvalue weighted by atomic mass is 10.1. The van der Waals surface area contributed by atoms with Crippen molar-refractivity contribution in [2.75, 3.05) is 20.6 Å². The Kier molecular flexibility index (Phi) is 6.32. The summed E-state index contributed by atoms with van der Waals surface area (Å²) < 4.78 is 0. The summed E-state index contributed by atoms with van der Waals surface area (Å²) in [6, 6.07) is 3.24. The van der Waals surface area contributed by atoms with Gasteiger partial charge in [-0.1, -0.05) is 0 Å². The van der Waals surface area contributed by atoms with Gasteiger partial charge in [0.05, 0.1) is 11.3 Å². The van der Waals surface area contributed by atoms with E-state index in [1.807, 2.05) is 0 Å². The van der Waals surface area contributed by atoms with E-state index in [-0.39, 0.29) is 30.3 Å². The summed E-state index contributed by atoms with van der Waals surface area (Å²) in [5, 5.41) is 2.83. The predicted octanol–water partition coefficient (Wildman–Crippen LogP) is 0.981. The Labute approximate surface area is 136 Å². The molecule has 2 rings (SSSR count). The Morgan fingerprint density at radius 2 is 2.05 bits per heavy atom. The summed E-state index contributed by atoms with van der Waals surface area (Å²) in [7, 11) is 3.33. The van der Waals surface area contributed by atoms with Crippen LogP contribution in [-0.2, 0) is 0 Å². The third-order valence-electron chi connectivity index (χ3n) is 3.68. The van der Waals surface area contributed by atoms with Crippen molar-refractivity contribution in [2.45, 2.75) is 25.8 Å². The van der Waals surface area contributed by atoms with E-state index in [1.54, 1.807) is 33.2 Å². The van der Waals surface area contributed by atoms with Gasteiger partial charge in [-0.05, 0) is 37.8 Å². The molecule has 0 bridgehead atoms. The lowest BCUT2D eigenvalue weighted by Gasteiger charge is -2.14. The van der Waals surface area contributed by atoms with Gasteiger partial charge in [0.2, 0.25) is 0 Å². The van der Waals surface area contributed by atoms with Crippen LogP contribution in [0.3, 0.4) is 0 Å². The van der Waals surface area contributed by atoms with Crippen LogP contribution in [0.15, 0.2) is 12.1 Å². The molecule has 1 atom stereocenters. The number of aromatic nitrogens is 1. The molecule has 0 aliphatic heterocycles. The number of hydrogen-bond donors (Lipinski definition) is 2. The van der Waals surface area contributed by atoms with Crippen molar-refractivity contribution >= 4 is 24.2 Å². The maximum Gasteiger partial charge on any atom is 0.271 e. The van der Waals surface area contributed by atoms with E-state index in [1.165, 1.54) is 4.90 Å². The first-order valence-electron chi connectivity index (χ1n) is 7.13. The Balaban J connectivity index is 0.00000242. The van der Waals surface area contributed by atoms with Crippen LogP contribution in [0.25, 0.3) is 0 Å². The molecule has 0 saturated heterocycles. The van der Waals surface area contributed by atoms with Crippen molar-refractivity contribution in [3.8, 4) is 0 Å². The van der Waals surface area contributed by atoms with Gasteiger partial charge in [-0.3, -0.25) is 9.59 Å². The Morgan fingerprint density at radius 3 is 2.55 bits per heavy atom. The topological polar surface area (TPSA) is 88.3 Å². The SMILES string of the molecule is Cc1nc(C(=O)N(C)C)ccc1C(=O)NCC(N)C1CC1.Cl. The average molecular weight is 327 g/mol. The third-order valence-corrected chi connectivity index (χ3v) is 3.68. The highest BCUT2D eigenvalue weighted by molar-refractivity contribution is 5.97. The summed E-state index contributed by atoms with van der Waals surface area (Å²) in [5.41, 5.74) is 7.32. The van der Waals surface area contributed by atoms with Gasteiger partial charge >= 0.3 is 0 Å². The first kappa shape index (κ1) is 18.4. The minimum atomic E-state index is -0.194. The second-order valence-electron chi connectivity index (χ2n) is 5.74. The maximum atomic E-state index is 12.1. The highest BCUT2D eigenvalue weighted by Crippen LogP contribution is 2.31. The van der Waals surface area contributed by atoms with Crippen molar-refractivity contribution in [3.63, 3.8) is 0 Å². The molecule has 1 saturated carbocycles. The van der Waals surface area contributed by atoms with Crippen molar-refractivity contribution in [1.82, 2.24) is 15.2 Å². The average Bonchev–Trinajstić information content (AvgIpc) is 3.27. The lowest BCUT2D eigenvalue weighted by Crippen LogP contribution is -2.38. The Hall–Kier alpha value is -1.66. The second kappa shape index (κ2) is 7.56. The van der Waals surface area contributed by atoms with Crippen molar-refractivity contribution in [3.05, 3.63) is 29.1 Å². The van der Waals surface area contributed by atoms with Gasteiger partial charge in [0.1, 0.15) is 5.69 Å². The fourth-order valence-corrected chi connectivity index (χ4v) is 2.15. The molecule has 1 heterocycles. The maximum absolute atomic E-state index is 12.1. The summed E-state index contributed by atoms with van der Waals surface area (Å²) in [4.78, 5) is 29.6. The summed E-state index contributed by atoms with van der Waals surface area (Å²) in [6.45, 7) is 2.20. The minimum Gasteiger partial charge on any atom is -0.350 e. The summed E-state index contributed by atoms with van der Waals surface area (Å²) in [5.74, 6) is 0.172. The fraction of sp³-hybridized carbons (Fsp3) is 0.533. The molecule has 1 aromatic heterocycles. The molecular formula is C15H23ClN4O2. The number of nitrogens with one attached hydrogen (secondary N) is 1. The highest BCUT2D eigenvalue weighted by Gasteiger charge is 2.28. The first-order valence-corrected chi connectivity index (χ1v) is 7.13. The van der Waals surface area contributed by atoms with Crippen LogP contribution in [0.4, 0.5) is 0 Å². The Morgan fingerprint density at radius 1 is 1.41 bits per heavy atom. The largest absolute Gasteiger partial charge is 0.350 e. The number of pyridine rings is 1. The number of nitrogens with zero attached hydrogens (tertiary/aromatic N) is 2. The van der Waals surface area contributed by atoms with E-state index in [4.69, 9.17) is 5.73 Å². The molecule has 0 aromatic carbocycles. The number of halogens is 1. The summed E-state index contributed by atoms with van der Waals surface area (Å²) in [6.07, 6.45) is 2.30. The zero-order chi connectivity index (χ0) is 15.6. The molecule has 0 radical (unpaired) electrons. The van der Waals surface area contributed by atoms with Gasteiger partial charge in [-0.15, -0.1) is 12.4 Å². The highest BCUT2D eigenvalue weighted by atomic mass is 35.5. The fourth-order valence-electron chi connectivity index (χ4n) is 2.15. The van der Waals surface area contributed by atoms with Crippen LogP contribution < -0.4 is 11.1 Å². The number of amides is 2. The van der Waals surface area contributed by atoms with Crippen LogP contribution >= 0.6 is 12.4 Å². The molecule has 6 nitrogen and oxygen atoms in total. The number of carbonyl (C=O) groups excluding carboxylic acids is 2. The predicted molar refractivity (Wildman–Crippen MR) is 87.3 cm³/mol. The van der Waals surface area contributed by atoms with E-state index >= 15 is 0 Å². The van der Waals surface area contributed by atoms with E-state index < -0.39 is 0 Å². The number of carbonyl (C=O) groups is 2. The molecule has 1 aliphatic carbocycles. The number of rotatable bonds is 5. The van der Waals surface area contributed by atoms with Crippen molar-refractivity contribution < 1.29 is 9.59 Å². The minimum absolute atomic E-state index is 0. The van der Waals surface area contributed by atoms with E-state index in [0.717, 1.165) is 12.8 Å². The Bertz CT molecular complexity index is 558. The van der Waals surface area contributed by atoms with Crippen molar-refractivity contribution in [2.24, 2.45) is 11.7 Å². The van der Waals surface area contributed by atoms with E-state index in [0.29, 0.717) is 29.4 Å². The smallest absolute Gasteiger partial charge is 0.271 e. The monoisotopic (exact) mass is 326 g/mol. The number of hydrogen-bond acceptors (Lipinski definition) is 4. The van der Waals surface area contributed by atoms with Crippen LogP contribution in [0.5, 0.6) is 0 Å². The standard InChI is InChI=1S/C15H22N4O2.ClH/c1-9-11(6-7-13(18-9)15(21)19(2)3)14(20)17-8-12(16)10-4-5-10;/h6-7,10,12H,4-5,8,16H2,1-3H3,(H,17,20);1H. The van der Waals surface area contributed by atoms with Crippen LogP contribution in [0.2, 0.25) is 0 Å². The molecule has 122 valence electrons. The van der Waals surface area contributed by atoms with Crippen molar-refractivity contribution in [1.29, 1.82) is 0 Å². The molecule has 0 spiro atoms. The molecule has 1 aliphatic rings. The lowest BCUT2D eigenvalue weighted by molar-refractivity contribution is 0.0820. The van der Waals surface area contributed by atoms with Gasteiger partial charge in [-0.25, -0.2) is 4.98 Å². The molecule has 1 fully saturated rings. The van der Waals surface area contributed by atoms with Crippen LogP contribution in [0.1, 0.15) is 39.4 Å². The van der Waals surface area contributed by atoms with Gasteiger partial charge in [0.15, 0.2) is 0 Å². The van der Waals surface area contributed by atoms with Crippen LogP contribution in [0, 0.1) is 12.8 Å². The molecule has 7 heteroatoms. The molecule has 3 N–H and O–H groups in total. The molecule has 2 amide bonds. The summed E-state index contributed by atoms with van der Waals surface area (Å²) >= 11 is 0. The molecular weight excluding hydrogens is 304 g/mol. The molecule has 22 heavy (non-hydrogen) atoms. The second-order valence-corrected chi connectivity index (χ2v) is 5.74. The third kappa shape index (κ3) is 4.42.